The van der Waals surface area contributed by atoms with Gasteiger partial charge in [0.1, 0.15) is 0 Å². The summed E-state index contributed by atoms with van der Waals surface area (Å²) in [5, 5.41) is 63.8. The van der Waals surface area contributed by atoms with E-state index in [0.717, 1.165) is 25.7 Å². The third kappa shape index (κ3) is 17.7. The van der Waals surface area contributed by atoms with Crippen LogP contribution in [0.25, 0.3) is 0 Å². The van der Waals surface area contributed by atoms with Crippen molar-refractivity contribution in [2.24, 2.45) is 0 Å². The summed E-state index contributed by atoms with van der Waals surface area (Å²) in [7, 11) is -4.67. The lowest BCUT2D eigenvalue weighted by Gasteiger charge is -2.27. The van der Waals surface area contributed by atoms with Crippen molar-refractivity contribution >= 4 is 10.4 Å². The third-order valence-electron chi connectivity index (χ3n) is 6.07. The predicted octanol–water partition coefficient (Wildman–Crippen LogP) is 3.95. The summed E-state index contributed by atoms with van der Waals surface area (Å²) in [6.45, 7) is 13.5. The van der Waals surface area contributed by atoms with E-state index >= 15 is 0 Å². The van der Waals surface area contributed by atoms with Crippen LogP contribution in [0.3, 0.4) is 0 Å². The molecule has 2 atom stereocenters. The van der Waals surface area contributed by atoms with Crippen LogP contribution in [-0.2, 0) is 10.4 Å². The van der Waals surface area contributed by atoms with Gasteiger partial charge in [-0.05, 0) is 75.9 Å². The van der Waals surface area contributed by atoms with Crippen LogP contribution in [0.2, 0.25) is 0 Å². The number of β-amino-alcohol motifs (C(OH)–C–C–N with tert-alkyl or cyclic N) is 2. The maximum Gasteiger partial charge on any atom is 0.394 e. The van der Waals surface area contributed by atoms with E-state index in [9.17, 15) is 30.6 Å². The van der Waals surface area contributed by atoms with Crippen molar-refractivity contribution in [3.05, 3.63) is 47.5 Å². The molecule has 2 rings (SSSR count). The number of rotatable bonds is 12. The number of nitrogens with one attached hydrogen (secondary N) is 2. The lowest BCUT2D eigenvalue weighted by Crippen LogP contribution is -2.41. The van der Waals surface area contributed by atoms with Crippen molar-refractivity contribution in [3.8, 4) is 23.0 Å². The molecule has 0 fully saturated rings. The summed E-state index contributed by atoms with van der Waals surface area (Å²) < 4.78 is 31.6. The second-order valence-corrected chi connectivity index (χ2v) is 11.9. The highest BCUT2D eigenvalue weighted by molar-refractivity contribution is 7.79. The molecule has 41 heavy (non-hydrogen) atoms. The van der Waals surface area contributed by atoms with Crippen LogP contribution in [0.15, 0.2) is 36.4 Å². The topological polar surface area (TPSA) is 220 Å². The van der Waals surface area contributed by atoms with Crippen LogP contribution < -0.4 is 10.6 Å². The van der Waals surface area contributed by atoms with Crippen molar-refractivity contribution in [2.75, 3.05) is 13.1 Å². The average molecular weight is 605 g/mol. The van der Waals surface area contributed by atoms with Gasteiger partial charge in [0.05, 0.1) is 12.2 Å². The van der Waals surface area contributed by atoms with Gasteiger partial charge in [-0.15, -0.1) is 0 Å². The molecule has 0 aliphatic carbocycles. The molecule has 0 saturated heterocycles. The number of phenols is 4. The van der Waals surface area contributed by atoms with Crippen LogP contribution in [0.4, 0.5) is 0 Å². The molecule has 12 nitrogen and oxygen atoms in total. The predicted molar refractivity (Wildman–Crippen MR) is 158 cm³/mol. The molecule has 0 aliphatic rings. The van der Waals surface area contributed by atoms with Crippen molar-refractivity contribution in [3.63, 3.8) is 0 Å². The van der Waals surface area contributed by atoms with Gasteiger partial charge < -0.3 is 41.3 Å². The highest BCUT2D eigenvalue weighted by atomic mass is 32.3. The van der Waals surface area contributed by atoms with Crippen LogP contribution >= 0.6 is 0 Å². The minimum Gasteiger partial charge on any atom is -0.504 e. The van der Waals surface area contributed by atoms with E-state index < -0.39 is 22.6 Å². The largest absolute Gasteiger partial charge is 0.504 e. The lowest BCUT2D eigenvalue weighted by atomic mass is 9.98. The quantitative estimate of drug-likeness (QED) is 0.123. The summed E-state index contributed by atoms with van der Waals surface area (Å²) >= 11 is 0. The van der Waals surface area contributed by atoms with E-state index in [1.807, 2.05) is 0 Å². The molecule has 0 heterocycles. The molecule has 2 aromatic carbocycles. The summed E-state index contributed by atoms with van der Waals surface area (Å²) in [6.07, 6.45) is 2.81. The smallest absolute Gasteiger partial charge is 0.394 e. The van der Waals surface area contributed by atoms with Gasteiger partial charge in [0.2, 0.25) is 0 Å². The molecule has 0 radical (unpaired) electrons. The Kier molecular flexibility index (Phi) is 16.2. The molecule has 0 aromatic heterocycles. The number of hydrogen-bond donors (Lipinski definition) is 10. The summed E-state index contributed by atoms with van der Waals surface area (Å²) in [5.41, 5.74) is 1.14. The summed E-state index contributed by atoms with van der Waals surface area (Å²) in [5.74, 6) is -0.769. The minimum atomic E-state index is -4.67. The highest BCUT2D eigenvalue weighted by Crippen LogP contribution is 2.29. The molecule has 0 saturated carbocycles. The second kappa shape index (κ2) is 17.3. The normalized spacial score (nSPS) is 13.3. The van der Waals surface area contributed by atoms with Gasteiger partial charge in [-0.3, -0.25) is 9.11 Å². The maximum atomic E-state index is 10.0. The Morgan fingerprint density at radius 3 is 1.20 bits per heavy atom. The first kappa shape index (κ1) is 38.4. The molecule has 0 aliphatic heterocycles. The molecule has 13 heteroatoms. The molecule has 236 valence electrons. The number of aliphatic hydroxyl groups is 2. The fourth-order valence-corrected chi connectivity index (χ4v) is 3.90. The lowest BCUT2D eigenvalue weighted by molar-refractivity contribution is 0.158. The first-order valence-electron chi connectivity index (χ1n) is 13.3. The van der Waals surface area contributed by atoms with Crippen LogP contribution in [0.1, 0.15) is 90.6 Å². The van der Waals surface area contributed by atoms with E-state index in [2.05, 4.69) is 52.2 Å². The van der Waals surface area contributed by atoms with Gasteiger partial charge in [0.15, 0.2) is 23.0 Å². The summed E-state index contributed by atoms with van der Waals surface area (Å²) in [4.78, 5) is 0. The van der Waals surface area contributed by atoms with Crippen LogP contribution in [-0.4, -0.2) is 72.3 Å². The minimum absolute atomic E-state index is 0.0192. The summed E-state index contributed by atoms with van der Waals surface area (Å²) in [6, 6.07) is 8.74. The fraction of sp³-hybridized carbons (Fsp3) is 0.571. The Bertz CT molecular complexity index is 1070. The van der Waals surface area contributed by atoms with Gasteiger partial charge >= 0.3 is 10.4 Å². The zero-order valence-corrected chi connectivity index (χ0v) is 25.5. The first-order chi connectivity index (χ1) is 18.7. The fourth-order valence-electron chi connectivity index (χ4n) is 3.90. The van der Waals surface area contributed by atoms with Gasteiger partial charge in [0, 0.05) is 24.2 Å². The SMILES string of the molecule is CCCC(C)(C)NCC(O)c1ccc(O)c(O)c1.CCCC(C)(C)NCC(O)c1ccc(O)c(O)c1.O=S(=O)(O)O. The third-order valence-corrected chi connectivity index (χ3v) is 6.07. The first-order valence-corrected chi connectivity index (χ1v) is 14.7. The van der Waals surface area contributed by atoms with Crippen LogP contribution in [0.5, 0.6) is 23.0 Å². The Labute approximate surface area is 243 Å². The van der Waals surface area contributed by atoms with Gasteiger partial charge in [-0.2, -0.15) is 8.42 Å². The van der Waals surface area contributed by atoms with E-state index in [0.29, 0.717) is 24.2 Å². The van der Waals surface area contributed by atoms with E-state index in [4.69, 9.17) is 17.5 Å². The van der Waals surface area contributed by atoms with E-state index in [1.165, 1.54) is 24.3 Å². The maximum absolute atomic E-state index is 10.0. The van der Waals surface area contributed by atoms with Crippen molar-refractivity contribution in [1.29, 1.82) is 0 Å². The van der Waals surface area contributed by atoms with Gasteiger partial charge in [0.25, 0.3) is 0 Å². The van der Waals surface area contributed by atoms with Gasteiger partial charge in [-0.25, -0.2) is 0 Å². The zero-order valence-electron chi connectivity index (χ0n) is 24.7. The number of benzene rings is 2. The highest BCUT2D eigenvalue weighted by Gasteiger charge is 2.19. The molecule has 2 aromatic rings. The average Bonchev–Trinajstić information content (AvgIpc) is 2.84. The second-order valence-electron chi connectivity index (χ2n) is 11.0. The Balaban J connectivity index is 0.000000671. The standard InChI is InChI=1S/2C14H23NO3.H2O4S/c2*1-4-7-14(2,3)15-9-13(18)10-5-6-11(16)12(17)8-10;1-5(2,3)4/h2*5-6,8,13,15-18H,4,7,9H2,1-3H3;(H2,1,2,3,4). The molecular weight excluding hydrogens is 556 g/mol. The number of aromatic hydroxyl groups is 4. The number of aliphatic hydroxyl groups excluding tert-OH is 2. The molecule has 0 spiro atoms. The van der Waals surface area contributed by atoms with Gasteiger partial charge in [-0.1, -0.05) is 38.8 Å². The van der Waals surface area contributed by atoms with E-state index in [1.54, 1.807) is 12.1 Å². The molecule has 2 unspecified atom stereocenters. The van der Waals surface area contributed by atoms with Crippen molar-refractivity contribution < 1.29 is 48.2 Å². The number of phenolic OH excluding ortho intramolecular Hbond substituents is 4. The Morgan fingerprint density at radius 1 is 0.659 bits per heavy atom. The van der Waals surface area contributed by atoms with E-state index in [-0.39, 0.29) is 34.1 Å². The van der Waals surface area contributed by atoms with Crippen molar-refractivity contribution in [2.45, 2.75) is 90.5 Å². The molecule has 10 N–H and O–H groups in total. The molecule has 0 amide bonds. The Morgan fingerprint density at radius 2 is 0.951 bits per heavy atom. The zero-order chi connectivity index (χ0) is 32.0. The van der Waals surface area contributed by atoms with Crippen LogP contribution in [0, 0.1) is 0 Å². The molecular formula is C28H48N2O10S. The molecule has 0 bridgehead atoms. The monoisotopic (exact) mass is 604 g/mol. The van der Waals surface area contributed by atoms with Crippen molar-refractivity contribution in [1.82, 2.24) is 10.6 Å². The number of hydrogen-bond acceptors (Lipinski definition) is 10. The Hall–Kier alpha value is -2.65.